The van der Waals surface area contributed by atoms with E-state index in [1.165, 1.54) is 54.9 Å². The number of thiazole rings is 1. The molecule has 1 amide bonds. The van der Waals surface area contributed by atoms with Gasteiger partial charge in [0.15, 0.2) is 0 Å². The Hall–Kier alpha value is -4.04. The molecular weight excluding hydrogens is 581 g/mol. The van der Waals surface area contributed by atoms with Gasteiger partial charge in [0.05, 0.1) is 48.9 Å². The number of allylic oxidation sites excluding steroid dienone is 3. The predicted molar refractivity (Wildman–Crippen MR) is 160 cm³/mol. The van der Waals surface area contributed by atoms with Crippen molar-refractivity contribution in [2.75, 3.05) is 32.4 Å². The monoisotopic (exact) mass is 617 g/mol. The first-order valence-electron chi connectivity index (χ1n) is 13.9. The van der Waals surface area contributed by atoms with E-state index < -0.39 is 17.2 Å². The van der Waals surface area contributed by atoms with Crippen molar-refractivity contribution >= 4 is 29.2 Å². The van der Waals surface area contributed by atoms with E-state index in [1.54, 1.807) is 20.8 Å². The summed E-state index contributed by atoms with van der Waals surface area (Å²) in [6, 6.07) is 0. The lowest BCUT2D eigenvalue weighted by Crippen LogP contribution is -2.54. The van der Waals surface area contributed by atoms with Gasteiger partial charge < -0.3 is 19.0 Å². The summed E-state index contributed by atoms with van der Waals surface area (Å²) >= 11 is 1.20. The smallest absolute Gasteiger partial charge is 0.354 e. The van der Waals surface area contributed by atoms with Crippen molar-refractivity contribution < 1.29 is 28.2 Å². The van der Waals surface area contributed by atoms with Crippen molar-refractivity contribution in [1.29, 1.82) is 0 Å². The zero-order valence-electron chi connectivity index (χ0n) is 25.0. The number of carbonyl (C=O) groups is 1. The minimum absolute atomic E-state index is 0.0143. The Morgan fingerprint density at radius 3 is 2.65 bits per heavy atom. The Bertz CT molecular complexity index is 1570. The zero-order chi connectivity index (χ0) is 31.3. The minimum atomic E-state index is -0.877. The molecule has 1 saturated heterocycles. The average molecular weight is 618 g/mol. The molecule has 0 saturated carbocycles. The van der Waals surface area contributed by atoms with Gasteiger partial charge in [-0.3, -0.25) is 14.2 Å². The van der Waals surface area contributed by atoms with Gasteiger partial charge in [0.25, 0.3) is 11.5 Å². The summed E-state index contributed by atoms with van der Waals surface area (Å²) in [5.41, 5.74) is 0.352. The Morgan fingerprint density at radius 2 is 2.02 bits per heavy atom. The van der Waals surface area contributed by atoms with E-state index in [0.717, 1.165) is 9.58 Å². The van der Waals surface area contributed by atoms with E-state index in [1.807, 2.05) is 6.92 Å². The van der Waals surface area contributed by atoms with Gasteiger partial charge in [0.1, 0.15) is 35.2 Å². The molecule has 1 unspecified atom stereocenters. The Labute approximate surface area is 252 Å². The number of hydrogen-bond acceptors (Lipinski definition) is 10. The lowest BCUT2D eigenvalue weighted by atomic mass is 9.93. The molecule has 1 fully saturated rings. The second kappa shape index (κ2) is 14.0. The van der Waals surface area contributed by atoms with Gasteiger partial charge >= 0.3 is 5.69 Å². The number of halogens is 1. The van der Waals surface area contributed by atoms with Crippen molar-refractivity contribution in [1.82, 2.24) is 14.2 Å². The normalized spacial score (nSPS) is 18.5. The highest BCUT2D eigenvalue weighted by Gasteiger charge is 2.28. The third-order valence-electron chi connectivity index (χ3n) is 6.85. The van der Waals surface area contributed by atoms with E-state index in [4.69, 9.17) is 19.0 Å². The van der Waals surface area contributed by atoms with Crippen LogP contribution in [0.1, 0.15) is 63.0 Å². The first-order valence-corrected chi connectivity index (χ1v) is 14.8. The number of amides is 1. The molecule has 0 aromatic carbocycles. The quantitative estimate of drug-likeness (QED) is 0.224. The van der Waals surface area contributed by atoms with Crippen LogP contribution in [-0.2, 0) is 19.0 Å². The van der Waals surface area contributed by atoms with Gasteiger partial charge in [-0.2, -0.15) is 4.68 Å². The Morgan fingerprint density at radius 1 is 1.30 bits per heavy atom. The summed E-state index contributed by atoms with van der Waals surface area (Å²) in [5, 5.41) is 6.46. The molecule has 1 atom stereocenters. The topological polar surface area (TPSA) is 126 Å². The second-order valence-electron chi connectivity index (χ2n) is 10.5. The molecule has 1 aliphatic carbocycles. The van der Waals surface area contributed by atoms with Crippen molar-refractivity contribution in [2.45, 2.75) is 59.2 Å². The van der Waals surface area contributed by atoms with E-state index in [-0.39, 0.29) is 53.1 Å². The summed E-state index contributed by atoms with van der Waals surface area (Å²) in [6.07, 6.45) is 4.74. The number of hydrogen-bond donors (Lipinski definition) is 0. The first-order chi connectivity index (χ1) is 20.5. The third kappa shape index (κ3) is 7.31. The number of rotatable bonds is 10. The molecule has 12 nitrogen and oxygen atoms in total. The lowest BCUT2D eigenvalue weighted by molar-refractivity contribution is -0.00148. The van der Waals surface area contributed by atoms with Crippen LogP contribution >= 0.6 is 11.3 Å². The summed E-state index contributed by atoms with van der Waals surface area (Å²) in [7, 11) is 2.79. The fourth-order valence-electron chi connectivity index (χ4n) is 4.68. The average Bonchev–Trinajstić information content (AvgIpc) is 3.52. The molecule has 14 heteroatoms. The molecule has 43 heavy (non-hydrogen) atoms. The van der Waals surface area contributed by atoms with Crippen molar-refractivity contribution in [2.24, 2.45) is 11.1 Å². The van der Waals surface area contributed by atoms with Crippen LogP contribution in [-0.4, -0.2) is 65.4 Å². The highest BCUT2D eigenvalue weighted by atomic mass is 32.1. The van der Waals surface area contributed by atoms with Crippen molar-refractivity contribution in [3.63, 3.8) is 0 Å². The number of ether oxygens (including phenoxy) is 3. The molecule has 2 aromatic heterocycles. The largest absolute Gasteiger partial charge is 0.500 e. The number of methoxy groups -OCH3 is 1. The number of aromatic nitrogens is 3. The number of nitrogens with zero attached hydrogens (tertiary/aromatic N) is 5. The van der Waals surface area contributed by atoms with Crippen LogP contribution in [0.15, 0.2) is 60.8 Å². The summed E-state index contributed by atoms with van der Waals surface area (Å²) in [5.74, 6) is -0.691. The molecule has 232 valence electrons. The van der Waals surface area contributed by atoms with Crippen LogP contribution in [0.2, 0.25) is 0 Å². The predicted octanol–water partition coefficient (Wildman–Crippen LogP) is 3.81. The minimum Gasteiger partial charge on any atom is -0.500 e. The van der Waals surface area contributed by atoms with Crippen molar-refractivity contribution in [3.05, 3.63) is 78.2 Å². The molecule has 4 rings (SSSR count). The number of oxime groups is 1. The van der Waals surface area contributed by atoms with Crippen LogP contribution in [0.3, 0.4) is 0 Å². The Balaban J connectivity index is 1.96. The third-order valence-corrected chi connectivity index (χ3v) is 7.43. The maximum absolute atomic E-state index is 14.8. The van der Waals surface area contributed by atoms with Gasteiger partial charge in [0.2, 0.25) is 0 Å². The lowest BCUT2D eigenvalue weighted by Gasteiger charge is -2.28. The van der Waals surface area contributed by atoms with E-state index in [0.29, 0.717) is 42.1 Å². The summed E-state index contributed by atoms with van der Waals surface area (Å²) in [6.45, 7) is 7.90. The molecule has 0 spiro atoms. The zero-order valence-corrected chi connectivity index (χ0v) is 25.9. The molecule has 0 bridgehead atoms. The van der Waals surface area contributed by atoms with E-state index in [2.05, 4.69) is 10.1 Å². The first kappa shape index (κ1) is 31.9. The molecule has 2 aromatic rings. The van der Waals surface area contributed by atoms with E-state index >= 15 is 0 Å². The molecule has 0 N–H and O–H groups in total. The maximum atomic E-state index is 14.8. The number of carbonyl (C=O) groups excluding carboxylic acids is 1. The molecule has 2 aliphatic rings. The van der Waals surface area contributed by atoms with E-state index in [9.17, 15) is 18.8 Å². The second-order valence-corrected chi connectivity index (χ2v) is 11.2. The van der Waals surface area contributed by atoms with Crippen LogP contribution in [0, 0.1) is 5.92 Å². The van der Waals surface area contributed by atoms with Gasteiger partial charge in [0, 0.05) is 43.8 Å². The highest BCUT2D eigenvalue weighted by molar-refractivity contribution is 7.07. The standard InChI is InChI=1S/C29H36FN5O7S/c1-17(2)42-32-19(4)23-13-34(29(38)35(27(23)36)33(5)28(37)24-15-43-16-31-24)14-25(41-21-7-9-40-10-8-21)22-12-20(30)11-18(3)26(22)39-6/h12-18,21H,7-11H2,1-6H3/b25-14-,32-19+. The van der Waals surface area contributed by atoms with Gasteiger partial charge in [-0.15, -0.1) is 11.3 Å². The molecular formula is C29H36FN5O7S. The summed E-state index contributed by atoms with van der Waals surface area (Å²) in [4.78, 5) is 50.2. The molecule has 0 radical (unpaired) electrons. The fraction of sp³-hybridized carbons (Fsp3) is 0.483. The van der Waals surface area contributed by atoms with Gasteiger partial charge in [-0.1, -0.05) is 12.1 Å². The fourth-order valence-corrected chi connectivity index (χ4v) is 5.20. The molecule has 3 heterocycles. The van der Waals surface area contributed by atoms with Crippen LogP contribution in [0.5, 0.6) is 0 Å². The maximum Gasteiger partial charge on any atom is 0.354 e. The van der Waals surface area contributed by atoms with Crippen LogP contribution in [0.25, 0.3) is 6.20 Å². The van der Waals surface area contributed by atoms with Crippen LogP contribution in [0.4, 0.5) is 4.39 Å². The highest BCUT2D eigenvalue weighted by Crippen LogP contribution is 2.35. The Kier molecular flexibility index (Phi) is 10.3. The van der Waals surface area contributed by atoms with Gasteiger partial charge in [-0.25, -0.2) is 19.2 Å². The SMILES string of the molecule is COC1=C(/C(=C/n2cc(/C(C)=N/OC(C)C)c(=O)n(N(C)C(=O)c3cscn3)c2=O)OC2CCOCC2)C=C(F)CC1C. The molecule has 1 aliphatic heterocycles. The van der Waals surface area contributed by atoms with Crippen LogP contribution < -0.4 is 16.3 Å². The van der Waals surface area contributed by atoms with Gasteiger partial charge in [-0.05, 0) is 26.8 Å². The summed E-state index contributed by atoms with van der Waals surface area (Å²) < 4.78 is 34.1. The van der Waals surface area contributed by atoms with Crippen molar-refractivity contribution in [3.8, 4) is 0 Å².